The van der Waals surface area contributed by atoms with Gasteiger partial charge in [0.2, 0.25) is 5.91 Å². The fourth-order valence-corrected chi connectivity index (χ4v) is 3.61. The second-order valence-corrected chi connectivity index (χ2v) is 7.62. The van der Waals surface area contributed by atoms with Crippen molar-refractivity contribution in [1.29, 1.82) is 0 Å². The van der Waals surface area contributed by atoms with E-state index in [-0.39, 0.29) is 11.2 Å². The van der Waals surface area contributed by atoms with E-state index >= 15 is 0 Å². The van der Waals surface area contributed by atoms with E-state index in [0.717, 1.165) is 16.8 Å². The molecule has 2 aromatic rings. The topological polar surface area (TPSA) is 57.1 Å². The van der Waals surface area contributed by atoms with Gasteiger partial charge in [0.05, 0.1) is 11.5 Å². The molecule has 0 aromatic heterocycles. The molecule has 6 heteroatoms. The van der Waals surface area contributed by atoms with E-state index in [0.29, 0.717) is 11.6 Å². The van der Waals surface area contributed by atoms with Crippen LogP contribution in [0.25, 0.3) is 0 Å². The van der Waals surface area contributed by atoms with E-state index in [1.165, 1.54) is 17.3 Å². The molecule has 134 valence electrons. The molecular formula is C20H22N4OS. The van der Waals surface area contributed by atoms with E-state index in [4.69, 9.17) is 0 Å². The monoisotopic (exact) mass is 366 g/mol. The molecule has 1 amide bonds. The van der Waals surface area contributed by atoms with Crippen LogP contribution in [0.3, 0.4) is 0 Å². The highest BCUT2D eigenvalue weighted by molar-refractivity contribution is 8.15. The molecule has 0 spiro atoms. The molecule has 0 aliphatic carbocycles. The van der Waals surface area contributed by atoms with Crippen molar-refractivity contribution < 1.29 is 4.79 Å². The number of aryl methyl sites for hydroxylation is 1. The summed E-state index contributed by atoms with van der Waals surface area (Å²) in [4.78, 5) is 14.2. The summed E-state index contributed by atoms with van der Waals surface area (Å²) < 4.78 is 0. The minimum absolute atomic E-state index is 0.0132. The Kier molecular flexibility index (Phi) is 5.73. The fourth-order valence-electron chi connectivity index (χ4n) is 2.65. The third-order valence-electron chi connectivity index (χ3n) is 4.04. The van der Waals surface area contributed by atoms with E-state index < -0.39 is 0 Å². The van der Waals surface area contributed by atoms with Gasteiger partial charge in [-0.25, -0.2) is 0 Å². The minimum atomic E-state index is -0.162. The first-order valence-electron chi connectivity index (χ1n) is 8.43. The fraction of sp³-hybridized carbons (Fsp3) is 0.250. The summed E-state index contributed by atoms with van der Waals surface area (Å²) in [6, 6.07) is 16.3. The first-order valence-corrected chi connectivity index (χ1v) is 9.31. The quantitative estimate of drug-likeness (QED) is 0.653. The van der Waals surface area contributed by atoms with Gasteiger partial charge >= 0.3 is 0 Å². The number of carbonyl (C=O) groups is 1. The zero-order valence-electron chi connectivity index (χ0n) is 15.1. The summed E-state index contributed by atoms with van der Waals surface area (Å²) in [5, 5.41) is 11.4. The Morgan fingerprint density at radius 1 is 1.19 bits per heavy atom. The largest absolute Gasteiger partial charge is 0.378 e. The number of hydrogen-bond donors (Lipinski definition) is 1. The van der Waals surface area contributed by atoms with Gasteiger partial charge in [-0.15, -0.1) is 5.10 Å². The van der Waals surface area contributed by atoms with Crippen molar-refractivity contribution >= 4 is 34.7 Å². The van der Waals surface area contributed by atoms with E-state index in [1.807, 2.05) is 55.4 Å². The van der Waals surface area contributed by atoms with Gasteiger partial charge in [-0.3, -0.25) is 4.79 Å². The lowest BCUT2D eigenvalue weighted by atomic mass is 10.1. The highest BCUT2D eigenvalue weighted by atomic mass is 32.2. The third-order valence-corrected chi connectivity index (χ3v) is 5.12. The second kappa shape index (κ2) is 8.19. The summed E-state index contributed by atoms with van der Waals surface area (Å²) in [5.74, 6) is -0.0132. The molecule has 3 rings (SSSR count). The predicted octanol–water partition coefficient (Wildman–Crippen LogP) is 3.23. The molecule has 0 bridgehead atoms. The highest BCUT2D eigenvalue weighted by Crippen LogP contribution is 2.23. The number of benzene rings is 2. The molecule has 1 heterocycles. The Morgan fingerprint density at radius 3 is 2.65 bits per heavy atom. The average Bonchev–Trinajstić information content (AvgIpc) is 2.95. The van der Waals surface area contributed by atoms with Crippen molar-refractivity contribution in [2.75, 3.05) is 19.0 Å². The van der Waals surface area contributed by atoms with Crippen LogP contribution in [0.1, 0.15) is 16.7 Å². The zero-order chi connectivity index (χ0) is 18.5. The van der Waals surface area contributed by atoms with Crippen molar-refractivity contribution in [2.24, 2.45) is 10.2 Å². The number of carbonyl (C=O) groups excluding carboxylic acids is 1. The minimum Gasteiger partial charge on any atom is -0.378 e. The summed E-state index contributed by atoms with van der Waals surface area (Å²) in [6.07, 6.45) is 2.37. The summed E-state index contributed by atoms with van der Waals surface area (Å²) in [6.45, 7) is 2.05. The molecule has 1 aliphatic heterocycles. The van der Waals surface area contributed by atoms with Gasteiger partial charge in [0.25, 0.3) is 0 Å². The predicted molar refractivity (Wildman–Crippen MR) is 110 cm³/mol. The SMILES string of the molecule is Cc1cccc(CC2SC(=N/N=C/c3ccc(N(C)C)cc3)NC2=O)c1. The van der Waals surface area contributed by atoms with Crippen LogP contribution in [0.4, 0.5) is 5.69 Å². The van der Waals surface area contributed by atoms with Gasteiger partial charge in [0.15, 0.2) is 5.17 Å². The van der Waals surface area contributed by atoms with Crippen LogP contribution >= 0.6 is 11.8 Å². The van der Waals surface area contributed by atoms with Crippen molar-refractivity contribution in [3.05, 3.63) is 65.2 Å². The molecule has 1 saturated heterocycles. The molecule has 26 heavy (non-hydrogen) atoms. The Hall–Kier alpha value is -2.60. The number of anilines is 1. The Balaban J connectivity index is 1.60. The van der Waals surface area contributed by atoms with Gasteiger partial charge in [-0.05, 0) is 36.6 Å². The first-order chi connectivity index (χ1) is 12.5. The highest BCUT2D eigenvalue weighted by Gasteiger charge is 2.30. The van der Waals surface area contributed by atoms with Crippen molar-refractivity contribution in [3.63, 3.8) is 0 Å². The van der Waals surface area contributed by atoms with Crippen molar-refractivity contribution in [1.82, 2.24) is 5.32 Å². The number of thioether (sulfide) groups is 1. The normalized spacial score (nSPS) is 18.5. The maximum absolute atomic E-state index is 12.1. The molecule has 2 aromatic carbocycles. The smallest absolute Gasteiger partial charge is 0.239 e. The van der Waals surface area contributed by atoms with Gasteiger partial charge in [-0.1, -0.05) is 53.7 Å². The third kappa shape index (κ3) is 4.73. The van der Waals surface area contributed by atoms with Crippen LogP contribution in [-0.2, 0) is 11.2 Å². The van der Waals surface area contributed by atoms with Crippen LogP contribution in [0.15, 0.2) is 58.7 Å². The number of nitrogens with zero attached hydrogens (tertiary/aromatic N) is 3. The van der Waals surface area contributed by atoms with E-state index in [2.05, 4.69) is 34.6 Å². The number of amidine groups is 1. The Bertz CT molecular complexity index is 843. The van der Waals surface area contributed by atoms with Gasteiger partial charge in [0.1, 0.15) is 0 Å². The molecule has 1 unspecified atom stereocenters. The molecule has 0 radical (unpaired) electrons. The molecule has 1 N–H and O–H groups in total. The van der Waals surface area contributed by atoms with Gasteiger partial charge in [-0.2, -0.15) is 5.10 Å². The first kappa shape index (κ1) is 18.2. The standard InChI is InChI=1S/C20H22N4OS/c1-14-5-4-6-16(11-14)12-18-19(25)22-20(26-18)23-21-13-15-7-9-17(10-8-15)24(2)3/h4-11,13,18H,12H2,1-3H3,(H,22,23,25)/b21-13+. The second-order valence-electron chi connectivity index (χ2n) is 6.42. The van der Waals surface area contributed by atoms with Crippen LogP contribution in [0.2, 0.25) is 0 Å². The number of hydrogen-bond acceptors (Lipinski definition) is 5. The van der Waals surface area contributed by atoms with Crippen molar-refractivity contribution in [3.8, 4) is 0 Å². The number of nitrogens with one attached hydrogen (secondary N) is 1. The average molecular weight is 366 g/mol. The summed E-state index contributed by atoms with van der Waals surface area (Å²) in [7, 11) is 4.00. The molecule has 0 saturated carbocycles. The molecular weight excluding hydrogens is 344 g/mol. The molecule has 5 nitrogen and oxygen atoms in total. The van der Waals surface area contributed by atoms with Crippen molar-refractivity contribution in [2.45, 2.75) is 18.6 Å². The van der Waals surface area contributed by atoms with Crippen LogP contribution in [0, 0.1) is 6.92 Å². The summed E-state index contributed by atoms with van der Waals surface area (Å²) in [5.41, 5.74) is 4.45. The summed E-state index contributed by atoms with van der Waals surface area (Å²) >= 11 is 1.43. The van der Waals surface area contributed by atoms with Gasteiger partial charge < -0.3 is 10.2 Å². The Morgan fingerprint density at radius 2 is 1.96 bits per heavy atom. The van der Waals surface area contributed by atoms with Crippen LogP contribution in [0.5, 0.6) is 0 Å². The maximum Gasteiger partial charge on any atom is 0.239 e. The van der Waals surface area contributed by atoms with Gasteiger partial charge in [0, 0.05) is 19.8 Å². The van der Waals surface area contributed by atoms with E-state index in [1.54, 1.807) is 6.21 Å². The molecule has 1 fully saturated rings. The maximum atomic E-state index is 12.1. The number of rotatable bonds is 5. The lowest BCUT2D eigenvalue weighted by Gasteiger charge is -2.11. The lowest BCUT2D eigenvalue weighted by molar-refractivity contribution is -0.118. The van der Waals surface area contributed by atoms with E-state index in [9.17, 15) is 4.79 Å². The molecule has 1 atom stereocenters. The lowest BCUT2D eigenvalue weighted by Crippen LogP contribution is -2.25. The van der Waals surface area contributed by atoms with Crippen LogP contribution < -0.4 is 10.2 Å². The zero-order valence-corrected chi connectivity index (χ0v) is 16.0. The molecule has 1 aliphatic rings. The number of amides is 1. The Labute approximate surface area is 158 Å². The van der Waals surface area contributed by atoms with Crippen LogP contribution in [-0.4, -0.2) is 36.6 Å².